The summed E-state index contributed by atoms with van der Waals surface area (Å²) in [5.41, 5.74) is 6.31. The van der Waals surface area contributed by atoms with Gasteiger partial charge in [0.05, 0.1) is 0 Å². The molecule has 0 bridgehead atoms. The maximum Gasteiger partial charge on any atom is 0.0252 e. The van der Waals surface area contributed by atoms with Gasteiger partial charge in [-0.1, -0.05) is 20.8 Å². The van der Waals surface area contributed by atoms with Crippen LogP contribution in [0.3, 0.4) is 0 Å². The Hall–Kier alpha value is -0.0800. The van der Waals surface area contributed by atoms with Gasteiger partial charge in [0.25, 0.3) is 0 Å². The second-order valence-corrected chi connectivity index (χ2v) is 5.97. The maximum atomic E-state index is 6.31. The lowest BCUT2D eigenvalue weighted by molar-refractivity contribution is 0.0771. The molecule has 3 atom stereocenters. The molecule has 0 radical (unpaired) electrons. The molecule has 2 nitrogen and oxygen atoms in total. The lowest BCUT2D eigenvalue weighted by Gasteiger charge is -2.44. The molecular formula is C14H30N2. The van der Waals surface area contributed by atoms with E-state index in [1.165, 1.54) is 19.3 Å². The molecule has 0 amide bonds. The third kappa shape index (κ3) is 3.21. The fourth-order valence-corrected chi connectivity index (χ4v) is 3.17. The second kappa shape index (κ2) is 6.02. The Kier molecular flexibility index (Phi) is 5.26. The van der Waals surface area contributed by atoms with Crippen LogP contribution in [0.15, 0.2) is 0 Å². The summed E-state index contributed by atoms with van der Waals surface area (Å²) in [6.07, 6.45) is 3.83. The van der Waals surface area contributed by atoms with Gasteiger partial charge in [-0.05, 0) is 51.5 Å². The number of hydrogen-bond acceptors (Lipinski definition) is 2. The average molecular weight is 226 g/mol. The van der Waals surface area contributed by atoms with Crippen LogP contribution < -0.4 is 5.73 Å². The molecule has 0 heterocycles. The number of nitrogens with two attached hydrogens (primary N) is 1. The van der Waals surface area contributed by atoms with Crippen molar-refractivity contribution in [2.75, 3.05) is 6.54 Å². The lowest BCUT2D eigenvalue weighted by atomic mass is 9.76. The third-order valence-electron chi connectivity index (χ3n) is 4.31. The van der Waals surface area contributed by atoms with Crippen molar-refractivity contribution in [1.82, 2.24) is 4.90 Å². The van der Waals surface area contributed by atoms with Gasteiger partial charge < -0.3 is 5.73 Å². The molecule has 16 heavy (non-hydrogen) atoms. The van der Waals surface area contributed by atoms with Crippen molar-refractivity contribution in [3.05, 3.63) is 0 Å². The molecule has 1 rings (SSSR count). The van der Waals surface area contributed by atoms with E-state index in [9.17, 15) is 0 Å². The summed E-state index contributed by atoms with van der Waals surface area (Å²) in [6, 6.07) is 1.61. The molecule has 0 aliphatic heterocycles. The van der Waals surface area contributed by atoms with Crippen molar-refractivity contribution in [2.45, 2.75) is 72.0 Å². The molecule has 0 aromatic heterocycles. The Balaban J connectivity index is 2.68. The first-order chi connectivity index (χ1) is 7.47. The normalized spacial score (nSPS) is 31.7. The summed E-state index contributed by atoms with van der Waals surface area (Å²) in [6.45, 7) is 12.7. The zero-order chi connectivity index (χ0) is 12.3. The smallest absolute Gasteiger partial charge is 0.0252 e. The van der Waals surface area contributed by atoms with E-state index in [1.807, 2.05) is 0 Å². The topological polar surface area (TPSA) is 29.3 Å². The van der Waals surface area contributed by atoms with Gasteiger partial charge in [0.15, 0.2) is 0 Å². The van der Waals surface area contributed by atoms with Crippen LogP contribution in [-0.4, -0.2) is 29.6 Å². The molecular weight excluding hydrogens is 196 g/mol. The first-order valence-corrected chi connectivity index (χ1v) is 6.98. The molecule has 1 aliphatic carbocycles. The van der Waals surface area contributed by atoms with Crippen LogP contribution in [0.5, 0.6) is 0 Å². The van der Waals surface area contributed by atoms with Crippen LogP contribution in [0.25, 0.3) is 0 Å². The third-order valence-corrected chi connectivity index (χ3v) is 4.31. The number of likely N-dealkylation sites (N-methyl/N-ethyl adjacent to an activating group) is 1. The Morgan fingerprint density at radius 2 is 1.81 bits per heavy atom. The Labute approximate surface area is 102 Å². The van der Waals surface area contributed by atoms with Gasteiger partial charge in [0, 0.05) is 18.1 Å². The second-order valence-electron chi connectivity index (χ2n) is 5.97. The van der Waals surface area contributed by atoms with Gasteiger partial charge >= 0.3 is 0 Å². The molecule has 0 aromatic carbocycles. The summed E-state index contributed by atoms with van der Waals surface area (Å²) in [4.78, 5) is 2.58. The molecule has 0 aromatic rings. The molecule has 2 heteroatoms. The van der Waals surface area contributed by atoms with Crippen molar-refractivity contribution >= 4 is 0 Å². The maximum absolute atomic E-state index is 6.31. The van der Waals surface area contributed by atoms with Gasteiger partial charge in [-0.3, -0.25) is 4.90 Å². The van der Waals surface area contributed by atoms with Crippen LogP contribution in [0, 0.1) is 11.8 Å². The van der Waals surface area contributed by atoms with Crippen LogP contribution in [0.4, 0.5) is 0 Å². The quantitative estimate of drug-likeness (QED) is 0.798. The predicted octanol–water partition coefficient (Wildman–Crippen LogP) is 2.87. The summed E-state index contributed by atoms with van der Waals surface area (Å²) in [5.74, 6) is 1.68. The number of hydrogen-bond donors (Lipinski definition) is 1. The van der Waals surface area contributed by atoms with Crippen molar-refractivity contribution in [3.63, 3.8) is 0 Å². The van der Waals surface area contributed by atoms with Crippen LogP contribution in [0.2, 0.25) is 0 Å². The van der Waals surface area contributed by atoms with E-state index < -0.39 is 0 Å². The van der Waals surface area contributed by atoms with Gasteiger partial charge in [-0.25, -0.2) is 0 Å². The highest BCUT2D eigenvalue weighted by Crippen LogP contribution is 2.32. The first-order valence-electron chi connectivity index (χ1n) is 6.98. The van der Waals surface area contributed by atoms with E-state index in [0.29, 0.717) is 18.1 Å². The Morgan fingerprint density at radius 3 is 2.25 bits per heavy atom. The molecule has 2 N–H and O–H groups in total. The number of nitrogens with zero attached hydrogens (tertiary/aromatic N) is 1. The van der Waals surface area contributed by atoms with Crippen molar-refractivity contribution in [3.8, 4) is 0 Å². The Morgan fingerprint density at radius 1 is 1.19 bits per heavy atom. The van der Waals surface area contributed by atoms with E-state index in [4.69, 9.17) is 5.73 Å². The van der Waals surface area contributed by atoms with E-state index in [1.54, 1.807) is 0 Å². The summed E-state index contributed by atoms with van der Waals surface area (Å²) < 4.78 is 0. The van der Waals surface area contributed by atoms with Crippen molar-refractivity contribution in [2.24, 2.45) is 17.6 Å². The molecule has 1 aliphatic rings. The lowest BCUT2D eigenvalue weighted by Crippen LogP contribution is -2.53. The zero-order valence-electron chi connectivity index (χ0n) is 11.7. The summed E-state index contributed by atoms with van der Waals surface area (Å²) >= 11 is 0. The SMILES string of the molecule is CCN(C(C)C)C1CC(C(C)C)CCC1N. The average Bonchev–Trinajstić information content (AvgIpc) is 2.20. The van der Waals surface area contributed by atoms with Crippen molar-refractivity contribution in [1.29, 1.82) is 0 Å². The largest absolute Gasteiger partial charge is 0.326 e. The fraction of sp³-hybridized carbons (Fsp3) is 1.00. The van der Waals surface area contributed by atoms with E-state index in [2.05, 4.69) is 39.5 Å². The van der Waals surface area contributed by atoms with Crippen molar-refractivity contribution < 1.29 is 0 Å². The molecule has 1 fully saturated rings. The fourth-order valence-electron chi connectivity index (χ4n) is 3.17. The predicted molar refractivity (Wildman–Crippen MR) is 71.5 cm³/mol. The minimum atomic E-state index is 0.386. The highest BCUT2D eigenvalue weighted by Gasteiger charge is 2.33. The molecule has 1 saturated carbocycles. The van der Waals surface area contributed by atoms with Gasteiger partial charge in [0.2, 0.25) is 0 Å². The van der Waals surface area contributed by atoms with Gasteiger partial charge in [0.1, 0.15) is 0 Å². The van der Waals surface area contributed by atoms with E-state index in [-0.39, 0.29) is 0 Å². The summed E-state index contributed by atoms with van der Waals surface area (Å²) in [7, 11) is 0. The van der Waals surface area contributed by atoms with Crippen LogP contribution >= 0.6 is 0 Å². The monoisotopic (exact) mass is 226 g/mol. The Bertz CT molecular complexity index is 201. The minimum Gasteiger partial charge on any atom is -0.326 e. The highest BCUT2D eigenvalue weighted by molar-refractivity contribution is 4.90. The first kappa shape index (κ1) is 14.0. The highest BCUT2D eigenvalue weighted by atomic mass is 15.2. The number of rotatable bonds is 4. The van der Waals surface area contributed by atoms with Crippen LogP contribution in [-0.2, 0) is 0 Å². The standard InChI is InChI=1S/C14H30N2/c1-6-16(11(4)5)14-9-12(10(2)3)7-8-13(14)15/h10-14H,6-9,15H2,1-5H3. The van der Waals surface area contributed by atoms with Gasteiger partial charge in [-0.15, -0.1) is 0 Å². The zero-order valence-corrected chi connectivity index (χ0v) is 11.7. The minimum absolute atomic E-state index is 0.386. The van der Waals surface area contributed by atoms with E-state index >= 15 is 0 Å². The van der Waals surface area contributed by atoms with Crippen LogP contribution in [0.1, 0.15) is 53.9 Å². The molecule has 0 saturated heterocycles. The summed E-state index contributed by atoms with van der Waals surface area (Å²) in [5, 5.41) is 0. The molecule has 0 spiro atoms. The van der Waals surface area contributed by atoms with E-state index in [0.717, 1.165) is 18.4 Å². The molecule has 3 unspecified atom stereocenters. The van der Waals surface area contributed by atoms with Gasteiger partial charge in [-0.2, -0.15) is 0 Å². The molecule has 96 valence electrons.